The fourth-order valence-electron chi connectivity index (χ4n) is 1.92. The standard InChI is InChI=1S/C15H15BrF2N2O2S/c1-20(8-12-6-7-13(16)23-12)9-14(21)19-10-2-4-11(5-3-10)22-15(17)18/h2-7,15H,8-9H2,1H3,(H,19,21). The quantitative estimate of drug-likeness (QED) is 0.752. The van der Waals surface area contributed by atoms with Gasteiger partial charge in [-0.05, 0) is 59.4 Å². The highest BCUT2D eigenvalue weighted by molar-refractivity contribution is 9.11. The number of anilines is 1. The van der Waals surface area contributed by atoms with Gasteiger partial charge in [-0.2, -0.15) is 8.78 Å². The van der Waals surface area contributed by atoms with Crippen molar-refractivity contribution in [3.05, 3.63) is 45.1 Å². The van der Waals surface area contributed by atoms with Crippen LogP contribution in [0.3, 0.4) is 0 Å². The van der Waals surface area contributed by atoms with Gasteiger partial charge in [0.05, 0.1) is 10.3 Å². The Labute approximate surface area is 145 Å². The molecule has 124 valence electrons. The molecule has 0 saturated heterocycles. The van der Waals surface area contributed by atoms with Gasteiger partial charge in [0.25, 0.3) is 0 Å². The molecule has 1 aromatic carbocycles. The molecule has 0 radical (unpaired) electrons. The van der Waals surface area contributed by atoms with Crippen molar-refractivity contribution >= 4 is 38.9 Å². The van der Waals surface area contributed by atoms with Crippen molar-refractivity contribution in [1.82, 2.24) is 4.90 Å². The molecule has 1 N–H and O–H groups in total. The van der Waals surface area contributed by atoms with Crippen LogP contribution in [0.15, 0.2) is 40.2 Å². The summed E-state index contributed by atoms with van der Waals surface area (Å²) in [6, 6.07) is 9.78. The molecule has 1 amide bonds. The number of alkyl halides is 2. The smallest absolute Gasteiger partial charge is 0.387 e. The van der Waals surface area contributed by atoms with Gasteiger partial charge in [-0.3, -0.25) is 9.69 Å². The zero-order valence-corrected chi connectivity index (χ0v) is 14.7. The lowest BCUT2D eigenvalue weighted by atomic mass is 10.3. The Morgan fingerprint density at radius 1 is 1.30 bits per heavy atom. The van der Waals surface area contributed by atoms with Crippen molar-refractivity contribution < 1.29 is 18.3 Å². The second kappa shape index (κ2) is 8.37. The average molecular weight is 405 g/mol. The monoisotopic (exact) mass is 404 g/mol. The summed E-state index contributed by atoms with van der Waals surface area (Å²) in [5.74, 6) is -0.121. The minimum absolute atomic E-state index is 0.0541. The van der Waals surface area contributed by atoms with E-state index in [1.807, 2.05) is 24.1 Å². The van der Waals surface area contributed by atoms with Crippen LogP contribution in [0, 0.1) is 0 Å². The Morgan fingerprint density at radius 2 is 2.00 bits per heavy atom. The fraction of sp³-hybridized carbons (Fsp3) is 0.267. The molecular weight excluding hydrogens is 390 g/mol. The molecule has 0 spiro atoms. The van der Waals surface area contributed by atoms with E-state index < -0.39 is 6.61 Å². The molecule has 8 heteroatoms. The highest BCUT2D eigenvalue weighted by Gasteiger charge is 2.09. The van der Waals surface area contributed by atoms with Crippen LogP contribution in [0.1, 0.15) is 4.88 Å². The van der Waals surface area contributed by atoms with Crippen LogP contribution in [-0.4, -0.2) is 31.0 Å². The minimum Gasteiger partial charge on any atom is -0.435 e. The van der Waals surface area contributed by atoms with Gasteiger partial charge in [-0.15, -0.1) is 11.3 Å². The summed E-state index contributed by atoms with van der Waals surface area (Å²) in [6.07, 6.45) is 0. The van der Waals surface area contributed by atoms with E-state index in [1.54, 1.807) is 11.3 Å². The fourth-order valence-corrected chi connectivity index (χ4v) is 3.49. The topological polar surface area (TPSA) is 41.6 Å². The van der Waals surface area contributed by atoms with Crippen molar-refractivity contribution in [3.8, 4) is 5.75 Å². The van der Waals surface area contributed by atoms with Crippen molar-refractivity contribution in [2.75, 3.05) is 18.9 Å². The lowest BCUT2D eigenvalue weighted by molar-refractivity contribution is -0.117. The second-order valence-electron chi connectivity index (χ2n) is 4.83. The number of carbonyl (C=O) groups excluding carboxylic acids is 1. The number of halogens is 3. The number of thiophene rings is 1. The third kappa shape index (κ3) is 6.25. The lowest BCUT2D eigenvalue weighted by Gasteiger charge is -2.15. The number of likely N-dealkylation sites (N-methyl/N-ethyl adjacent to an activating group) is 1. The first-order valence-corrected chi connectivity index (χ1v) is 8.31. The highest BCUT2D eigenvalue weighted by atomic mass is 79.9. The van der Waals surface area contributed by atoms with Gasteiger partial charge in [0.1, 0.15) is 5.75 Å². The van der Waals surface area contributed by atoms with Crippen molar-refractivity contribution in [3.63, 3.8) is 0 Å². The normalized spacial score (nSPS) is 11.0. The SMILES string of the molecule is CN(CC(=O)Nc1ccc(OC(F)F)cc1)Cc1ccc(Br)s1. The summed E-state index contributed by atoms with van der Waals surface area (Å²) >= 11 is 5.02. The second-order valence-corrected chi connectivity index (χ2v) is 7.38. The first-order valence-electron chi connectivity index (χ1n) is 6.70. The predicted octanol–water partition coefficient (Wildman–Crippen LogP) is 4.18. The Bertz CT molecular complexity index is 649. The van der Waals surface area contributed by atoms with Crippen LogP contribution in [0.4, 0.5) is 14.5 Å². The van der Waals surface area contributed by atoms with Crippen LogP contribution < -0.4 is 10.1 Å². The van der Waals surface area contributed by atoms with Gasteiger partial charge < -0.3 is 10.1 Å². The number of rotatable bonds is 7. The Morgan fingerprint density at radius 3 is 2.57 bits per heavy atom. The van der Waals surface area contributed by atoms with E-state index in [0.717, 1.165) is 8.66 Å². The Balaban J connectivity index is 1.81. The molecule has 0 saturated carbocycles. The number of hydrogen-bond acceptors (Lipinski definition) is 4. The number of hydrogen-bond donors (Lipinski definition) is 1. The lowest BCUT2D eigenvalue weighted by Crippen LogP contribution is -2.29. The van der Waals surface area contributed by atoms with Gasteiger partial charge >= 0.3 is 6.61 Å². The molecular formula is C15H15BrF2N2O2S. The minimum atomic E-state index is -2.86. The molecule has 1 heterocycles. The molecule has 4 nitrogen and oxygen atoms in total. The van der Waals surface area contributed by atoms with Gasteiger partial charge in [0.15, 0.2) is 0 Å². The number of benzene rings is 1. The highest BCUT2D eigenvalue weighted by Crippen LogP contribution is 2.23. The molecule has 0 atom stereocenters. The zero-order chi connectivity index (χ0) is 16.8. The summed E-state index contributed by atoms with van der Waals surface area (Å²) in [5, 5.41) is 2.71. The average Bonchev–Trinajstić information content (AvgIpc) is 2.85. The van der Waals surface area contributed by atoms with E-state index >= 15 is 0 Å². The third-order valence-corrected chi connectivity index (χ3v) is 4.44. The van der Waals surface area contributed by atoms with Crippen molar-refractivity contribution in [2.24, 2.45) is 0 Å². The van der Waals surface area contributed by atoms with E-state index in [9.17, 15) is 13.6 Å². The van der Waals surface area contributed by atoms with Gasteiger partial charge in [-0.1, -0.05) is 0 Å². The maximum atomic E-state index is 12.1. The molecule has 2 rings (SSSR count). The number of carbonyl (C=O) groups is 1. The number of nitrogens with zero attached hydrogens (tertiary/aromatic N) is 1. The van der Waals surface area contributed by atoms with E-state index in [1.165, 1.54) is 24.3 Å². The number of ether oxygens (including phenoxy) is 1. The first-order chi connectivity index (χ1) is 10.9. The van der Waals surface area contributed by atoms with Crippen LogP contribution in [-0.2, 0) is 11.3 Å². The first kappa shape index (κ1) is 17.8. The maximum Gasteiger partial charge on any atom is 0.387 e. The summed E-state index contributed by atoms with van der Waals surface area (Å²) < 4.78 is 29.4. The largest absolute Gasteiger partial charge is 0.435 e. The van der Waals surface area contributed by atoms with Crippen LogP contribution in [0.2, 0.25) is 0 Å². The zero-order valence-electron chi connectivity index (χ0n) is 12.3. The summed E-state index contributed by atoms with van der Waals surface area (Å²) in [6.45, 7) is -1.96. The van der Waals surface area contributed by atoms with Gasteiger partial charge in [-0.25, -0.2) is 0 Å². The van der Waals surface area contributed by atoms with E-state index in [2.05, 4.69) is 26.0 Å². The molecule has 0 aliphatic carbocycles. The molecule has 1 aromatic heterocycles. The molecule has 2 aromatic rings. The molecule has 0 unspecified atom stereocenters. The van der Waals surface area contributed by atoms with Gasteiger partial charge in [0.2, 0.25) is 5.91 Å². The Kier molecular flexibility index (Phi) is 6.49. The van der Waals surface area contributed by atoms with Crippen LogP contribution in [0.5, 0.6) is 5.75 Å². The summed E-state index contributed by atoms with van der Waals surface area (Å²) in [5.41, 5.74) is 0.531. The summed E-state index contributed by atoms with van der Waals surface area (Å²) in [4.78, 5) is 15.0. The van der Waals surface area contributed by atoms with E-state index in [4.69, 9.17) is 0 Å². The number of nitrogens with one attached hydrogen (secondary N) is 1. The molecule has 0 aliphatic rings. The molecule has 23 heavy (non-hydrogen) atoms. The van der Waals surface area contributed by atoms with Crippen molar-refractivity contribution in [2.45, 2.75) is 13.2 Å². The molecule has 0 aliphatic heterocycles. The van der Waals surface area contributed by atoms with Gasteiger partial charge in [0, 0.05) is 17.1 Å². The van der Waals surface area contributed by atoms with E-state index in [-0.39, 0.29) is 18.2 Å². The number of amides is 1. The third-order valence-electron chi connectivity index (χ3n) is 2.83. The molecule has 0 fully saturated rings. The Hall–Kier alpha value is -1.51. The summed E-state index contributed by atoms with van der Waals surface area (Å²) in [7, 11) is 1.85. The van der Waals surface area contributed by atoms with E-state index in [0.29, 0.717) is 12.2 Å². The molecule has 0 bridgehead atoms. The maximum absolute atomic E-state index is 12.1. The van der Waals surface area contributed by atoms with Crippen molar-refractivity contribution in [1.29, 1.82) is 0 Å². The van der Waals surface area contributed by atoms with Crippen LogP contribution >= 0.6 is 27.3 Å². The predicted molar refractivity (Wildman–Crippen MR) is 90.1 cm³/mol. The van der Waals surface area contributed by atoms with Crippen LogP contribution in [0.25, 0.3) is 0 Å².